The Hall–Kier alpha value is -1.86. The molecule has 0 radical (unpaired) electrons. The Kier molecular flexibility index (Phi) is 3.59. The summed E-state index contributed by atoms with van der Waals surface area (Å²) in [5.74, 6) is -0.787. The zero-order chi connectivity index (χ0) is 14.0. The number of nitrogens with zero attached hydrogens (tertiary/aromatic N) is 1. The zero-order valence-corrected chi connectivity index (χ0v) is 11.0. The Morgan fingerprint density at radius 2 is 2.05 bits per heavy atom. The number of nitrogens with one attached hydrogen (secondary N) is 1. The molecule has 0 saturated carbocycles. The van der Waals surface area contributed by atoms with Crippen LogP contribution < -0.4 is 10.5 Å². The van der Waals surface area contributed by atoms with E-state index in [0.717, 1.165) is 6.07 Å². The minimum Gasteiger partial charge on any atom is -0.396 e. The summed E-state index contributed by atoms with van der Waals surface area (Å²) in [5, 5.41) is -0.192. The molecule has 2 aromatic rings. The Morgan fingerprint density at radius 3 is 2.68 bits per heavy atom. The third-order valence-electron chi connectivity index (χ3n) is 2.23. The second-order valence-corrected chi connectivity index (χ2v) is 5.66. The Bertz CT molecular complexity index is 722. The van der Waals surface area contributed by atoms with Gasteiger partial charge in [0.2, 0.25) is 0 Å². The molecule has 1 aromatic heterocycles. The van der Waals surface area contributed by atoms with Crippen LogP contribution in [0.2, 0.25) is 5.02 Å². The molecule has 5 nitrogen and oxygen atoms in total. The zero-order valence-electron chi connectivity index (χ0n) is 9.47. The molecule has 3 N–H and O–H groups in total. The molecule has 0 atom stereocenters. The van der Waals surface area contributed by atoms with E-state index in [2.05, 4.69) is 9.71 Å². The fraction of sp³-hybridized carbons (Fsp3) is 0. The molecular formula is C11H9ClFN3O2S. The molecule has 0 spiro atoms. The third kappa shape index (κ3) is 2.94. The minimum absolute atomic E-state index is 0.0237. The average molecular weight is 302 g/mol. The maximum Gasteiger partial charge on any atom is 0.281 e. The van der Waals surface area contributed by atoms with Crippen LogP contribution in [0.25, 0.3) is 0 Å². The summed E-state index contributed by atoms with van der Waals surface area (Å²) in [6.45, 7) is 0. The summed E-state index contributed by atoms with van der Waals surface area (Å²) < 4.78 is 39.6. The molecule has 0 aliphatic rings. The predicted octanol–water partition coefficient (Wildman–Crippen LogP) is 2.26. The van der Waals surface area contributed by atoms with Crippen LogP contribution in [0.15, 0.2) is 41.6 Å². The molecule has 8 heteroatoms. The highest BCUT2D eigenvalue weighted by Crippen LogP contribution is 2.23. The number of pyridine rings is 1. The lowest BCUT2D eigenvalue weighted by Gasteiger charge is -2.09. The summed E-state index contributed by atoms with van der Waals surface area (Å²) in [6, 6.07) is 6.47. The third-order valence-corrected chi connectivity index (χ3v) is 3.80. The van der Waals surface area contributed by atoms with Crippen LogP contribution in [0.4, 0.5) is 15.8 Å². The number of nitrogen functional groups attached to an aromatic ring is 1. The maximum atomic E-state index is 13.5. The number of aromatic nitrogens is 1. The smallest absolute Gasteiger partial charge is 0.281 e. The molecule has 0 bridgehead atoms. The SMILES string of the molecule is Nc1cccnc1S(=O)(=O)Nc1ccc(Cl)cc1F. The van der Waals surface area contributed by atoms with Crippen molar-refractivity contribution in [1.82, 2.24) is 4.98 Å². The lowest BCUT2D eigenvalue weighted by molar-refractivity contribution is 0.595. The van der Waals surface area contributed by atoms with Gasteiger partial charge in [-0.15, -0.1) is 0 Å². The molecular weight excluding hydrogens is 293 g/mol. The van der Waals surface area contributed by atoms with Gasteiger partial charge in [0.25, 0.3) is 10.0 Å². The van der Waals surface area contributed by atoms with E-state index in [9.17, 15) is 12.8 Å². The summed E-state index contributed by atoms with van der Waals surface area (Å²) in [4.78, 5) is 3.67. The van der Waals surface area contributed by atoms with Crippen LogP contribution >= 0.6 is 11.6 Å². The van der Waals surface area contributed by atoms with Crippen LogP contribution in [0.3, 0.4) is 0 Å². The van der Waals surface area contributed by atoms with Crippen LogP contribution in [0, 0.1) is 5.82 Å². The highest BCUT2D eigenvalue weighted by atomic mass is 35.5. The molecule has 0 aliphatic carbocycles. The van der Waals surface area contributed by atoms with Crippen molar-refractivity contribution in [2.24, 2.45) is 0 Å². The van der Waals surface area contributed by atoms with Gasteiger partial charge in [-0.3, -0.25) is 4.72 Å². The van der Waals surface area contributed by atoms with Crippen molar-refractivity contribution in [3.8, 4) is 0 Å². The van der Waals surface area contributed by atoms with Crippen molar-refractivity contribution in [3.63, 3.8) is 0 Å². The fourth-order valence-electron chi connectivity index (χ4n) is 1.39. The number of nitrogens with two attached hydrogens (primary N) is 1. The molecule has 0 unspecified atom stereocenters. The normalized spacial score (nSPS) is 11.3. The van der Waals surface area contributed by atoms with Gasteiger partial charge in [0.05, 0.1) is 11.4 Å². The number of hydrogen-bond acceptors (Lipinski definition) is 4. The first kappa shape index (κ1) is 13.6. The van der Waals surface area contributed by atoms with E-state index in [4.69, 9.17) is 17.3 Å². The van der Waals surface area contributed by atoms with E-state index in [0.29, 0.717) is 0 Å². The second kappa shape index (κ2) is 5.02. The molecule has 0 saturated heterocycles. The van der Waals surface area contributed by atoms with Crippen molar-refractivity contribution in [2.75, 3.05) is 10.5 Å². The Balaban J connectivity index is 2.40. The molecule has 1 heterocycles. The van der Waals surface area contributed by atoms with Gasteiger partial charge in [-0.05, 0) is 30.3 Å². The van der Waals surface area contributed by atoms with E-state index in [1.807, 2.05) is 0 Å². The summed E-state index contributed by atoms with van der Waals surface area (Å²) in [6.07, 6.45) is 1.28. The van der Waals surface area contributed by atoms with Crippen LogP contribution in [-0.4, -0.2) is 13.4 Å². The van der Waals surface area contributed by atoms with Gasteiger partial charge in [0.15, 0.2) is 5.03 Å². The number of rotatable bonds is 3. The highest BCUT2D eigenvalue weighted by Gasteiger charge is 2.20. The van der Waals surface area contributed by atoms with Crippen molar-refractivity contribution in [3.05, 3.63) is 47.4 Å². The van der Waals surface area contributed by atoms with E-state index in [-0.39, 0.29) is 21.4 Å². The molecule has 100 valence electrons. The first-order valence-electron chi connectivity index (χ1n) is 5.08. The number of hydrogen-bond donors (Lipinski definition) is 2. The Morgan fingerprint density at radius 1 is 1.32 bits per heavy atom. The standard InChI is InChI=1S/C11H9ClFN3O2S/c12-7-3-4-10(8(13)6-7)16-19(17,18)11-9(14)2-1-5-15-11/h1-6,16H,14H2. The molecule has 0 aliphatic heterocycles. The monoisotopic (exact) mass is 301 g/mol. The van der Waals surface area contributed by atoms with Crippen LogP contribution in [-0.2, 0) is 10.0 Å². The van der Waals surface area contributed by atoms with Gasteiger partial charge in [0.1, 0.15) is 5.82 Å². The van der Waals surface area contributed by atoms with E-state index in [1.165, 1.54) is 30.5 Å². The largest absolute Gasteiger partial charge is 0.396 e. The van der Waals surface area contributed by atoms with E-state index < -0.39 is 15.8 Å². The summed E-state index contributed by atoms with van der Waals surface area (Å²) in [7, 11) is -4.05. The van der Waals surface area contributed by atoms with Gasteiger partial charge in [-0.25, -0.2) is 9.37 Å². The van der Waals surface area contributed by atoms with Crippen LogP contribution in [0.1, 0.15) is 0 Å². The van der Waals surface area contributed by atoms with Crippen molar-refractivity contribution in [2.45, 2.75) is 5.03 Å². The van der Waals surface area contributed by atoms with E-state index >= 15 is 0 Å². The molecule has 0 fully saturated rings. The maximum absolute atomic E-state index is 13.5. The summed E-state index contributed by atoms with van der Waals surface area (Å²) in [5.41, 5.74) is 5.27. The number of anilines is 2. The lowest BCUT2D eigenvalue weighted by Crippen LogP contribution is -2.17. The first-order valence-corrected chi connectivity index (χ1v) is 6.94. The lowest BCUT2D eigenvalue weighted by atomic mass is 10.3. The molecule has 19 heavy (non-hydrogen) atoms. The van der Waals surface area contributed by atoms with Gasteiger partial charge in [0, 0.05) is 11.2 Å². The number of benzene rings is 1. The van der Waals surface area contributed by atoms with Gasteiger partial charge < -0.3 is 5.73 Å². The fourth-order valence-corrected chi connectivity index (χ4v) is 2.68. The van der Waals surface area contributed by atoms with Gasteiger partial charge in [-0.2, -0.15) is 8.42 Å². The molecule has 0 amide bonds. The summed E-state index contributed by atoms with van der Waals surface area (Å²) >= 11 is 5.58. The van der Waals surface area contributed by atoms with Gasteiger partial charge >= 0.3 is 0 Å². The van der Waals surface area contributed by atoms with E-state index in [1.54, 1.807) is 0 Å². The average Bonchev–Trinajstić information content (AvgIpc) is 2.33. The molecule has 1 aromatic carbocycles. The van der Waals surface area contributed by atoms with Crippen molar-refractivity contribution < 1.29 is 12.8 Å². The number of sulfonamides is 1. The number of halogens is 2. The highest BCUT2D eigenvalue weighted by molar-refractivity contribution is 7.92. The van der Waals surface area contributed by atoms with Crippen molar-refractivity contribution in [1.29, 1.82) is 0 Å². The second-order valence-electron chi connectivity index (χ2n) is 3.63. The van der Waals surface area contributed by atoms with Crippen molar-refractivity contribution >= 4 is 33.0 Å². The van der Waals surface area contributed by atoms with Gasteiger partial charge in [-0.1, -0.05) is 11.6 Å². The first-order chi connectivity index (χ1) is 8.90. The quantitative estimate of drug-likeness (QED) is 0.910. The minimum atomic E-state index is -4.05. The Labute approximate surface area is 114 Å². The topological polar surface area (TPSA) is 85.1 Å². The molecule has 2 rings (SSSR count). The predicted molar refractivity (Wildman–Crippen MR) is 70.9 cm³/mol. The van der Waals surface area contributed by atoms with Crippen LogP contribution in [0.5, 0.6) is 0 Å².